The van der Waals surface area contributed by atoms with E-state index in [1.165, 1.54) is 0 Å². The number of fused-ring (bicyclic) bond motifs is 1. The van der Waals surface area contributed by atoms with Crippen LogP contribution in [0, 0.1) is 0 Å². The van der Waals surface area contributed by atoms with Crippen molar-refractivity contribution in [3.05, 3.63) is 24.3 Å². The second-order valence-electron chi connectivity index (χ2n) is 5.49. The van der Waals surface area contributed by atoms with E-state index < -0.39 is 0 Å². The van der Waals surface area contributed by atoms with E-state index >= 15 is 0 Å². The van der Waals surface area contributed by atoms with Crippen molar-refractivity contribution in [2.75, 3.05) is 27.2 Å². The van der Waals surface area contributed by atoms with Gasteiger partial charge in [0.2, 0.25) is 11.0 Å². The molecule has 7 heteroatoms. The number of azo groups is 1. The molecule has 0 saturated carbocycles. The Morgan fingerprint density at radius 3 is 2.48 bits per heavy atom. The molecule has 0 amide bonds. The molecule has 0 aliphatic heterocycles. The van der Waals surface area contributed by atoms with Gasteiger partial charge in [-0.1, -0.05) is 18.2 Å². The summed E-state index contributed by atoms with van der Waals surface area (Å²) in [5, 5.41) is 20.2. The lowest BCUT2D eigenvalue weighted by molar-refractivity contribution is 0.304. The normalized spacial score (nSPS) is 11.7. The average Bonchev–Trinajstić information content (AvgIpc) is 2.78. The van der Waals surface area contributed by atoms with Crippen molar-refractivity contribution >= 4 is 33.9 Å². The summed E-state index contributed by atoms with van der Waals surface area (Å²) in [6, 6.07) is 7.75. The van der Waals surface area contributed by atoms with Gasteiger partial charge < -0.3 is 10.0 Å². The fraction of sp³-hybridized carbons (Fsp3) is 0.438. The van der Waals surface area contributed by atoms with Gasteiger partial charge in [-0.2, -0.15) is 0 Å². The second-order valence-corrected chi connectivity index (χ2v) is 5.86. The monoisotopic (exact) mass is 333 g/mol. The van der Waals surface area contributed by atoms with E-state index in [2.05, 4.69) is 10.2 Å². The highest BCUT2D eigenvalue weighted by Gasteiger charge is 2.17. The highest BCUT2D eigenvalue weighted by Crippen LogP contribution is 2.38. The molecule has 0 aliphatic rings. The predicted octanol–water partition coefficient (Wildman–Crippen LogP) is 3.58. The van der Waals surface area contributed by atoms with Gasteiger partial charge in [0.05, 0.1) is 12.2 Å². The summed E-state index contributed by atoms with van der Waals surface area (Å²) < 4.78 is 1.81. The molecule has 0 radical (unpaired) electrons. The molecule has 1 N–H and O–H groups in total. The zero-order valence-corrected chi connectivity index (χ0v) is 14.8. The standard InChI is InChI=1S/C16H23N5OS/c1-5-20(6-2)16(23)18-17-14-12-9-7-8-10-13(12)21(15(14)22)11-19(3)4/h7-10,22H,5-6,11H2,1-4H3. The minimum Gasteiger partial charge on any atom is -0.493 e. The van der Waals surface area contributed by atoms with Crippen LogP contribution >= 0.6 is 12.2 Å². The van der Waals surface area contributed by atoms with Gasteiger partial charge in [-0.05, 0) is 46.2 Å². The minimum atomic E-state index is 0.103. The second kappa shape index (κ2) is 7.52. The van der Waals surface area contributed by atoms with Crippen LogP contribution in [-0.4, -0.2) is 51.8 Å². The Morgan fingerprint density at radius 2 is 1.87 bits per heavy atom. The van der Waals surface area contributed by atoms with Crippen LogP contribution < -0.4 is 0 Å². The van der Waals surface area contributed by atoms with Crippen LogP contribution in [0.1, 0.15) is 13.8 Å². The summed E-state index contributed by atoms with van der Waals surface area (Å²) in [5.74, 6) is 0.103. The van der Waals surface area contributed by atoms with Crippen molar-refractivity contribution in [2.45, 2.75) is 20.5 Å². The first-order chi connectivity index (χ1) is 11.0. The van der Waals surface area contributed by atoms with Gasteiger partial charge in [0.25, 0.3) is 0 Å². The molecule has 0 bridgehead atoms. The number of para-hydroxylation sites is 1. The molecule has 23 heavy (non-hydrogen) atoms. The Hall–Kier alpha value is -1.99. The number of rotatable bonds is 5. The summed E-state index contributed by atoms with van der Waals surface area (Å²) in [6.07, 6.45) is 0. The lowest BCUT2D eigenvalue weighted by atomic mass is 10.2. The van der Waals surface area contributed by atoms with Crippen molar-refractivity contribution in [2.24, 2.45) is 10.2 Å². The summed E-state index contributed by atoms with van der Waals surface area (Å²) >= 11 is 5.28. The predicted molar refractivity (Wildman–Crippen MR) is 97.3 cm³/mol. The van der Waals surface area contributed by atoms with Crippen LogP contribution in [0.15, 0.2) is 34.5 Å². The first kappa shape index (κ1) is 17.4. The third-order valence-corrected chi connectivity index (χ3v) is 3.95. The van der Waals surface area contributed by atoms with Gasteiger partial charge in [-0.15, -0.1) is 10.2 Å². The van der Waals surface area contributed by atoms with E-state index in [1.54, 1.807) is 0 Å². The molecule has 0 spiro atoms. The van der Waals surface area contributed by atoms with E-state index in [-0.39, 0.29) is 5.88 Å². The molecular formula is C16H23N5OS. The molecule has 2 rings (SSSR count). The molecule has 0 saturated heterocycles. The van der Waals surface area contributed by atoms with E-state index in [0.717, 1.165) is 24.0 Å². The molecular weight excluding hydrogens is 310 g/mol. The molecule has 0 aliphatic carbocycles. The third-order valence-electron chi connectivity index (χ3n) is 3.61. The van der Waals surface area contributed by atoms with Crippen molar-refractivity contribution < 1.29 is 5.11 Å². The van der Waals surface area contributed by atoms with Gasteiger partial charge in [-0.3, -0.25) is 9.47 Å². The Kier molecular flexibility index (Phi) is 5.68. The quantitative estimate of drug-likeness (QED) is 0.671. The highest BCUT2D eigenvalue weighted by atomic mass is 32.1. The van der Waals surface area contributed by atoms with Crippen LogP contribution in [0.2, 0.25) is 0 Å². The molecule has 0 atom stereocenters. The summed E-state index contributed by atoms with van der Waals surface area (Å²) in [7, 11) is 3.90. The van der Waals surface area contributed by atoms with Crippen LogP contribution in [0.5, 0.6) is 5.88 Å². The van der Waals surface area contributed by atoms with Crippen LogP contribution in [0.4, 0.5) is 5.69 Å². The Bertz CT molecular complexity index is 719. The summed E-state index contributed by atoms with van der Waals surface area (Å²) in [6.45, 7) is 6.16. The summed E-state index contributed by atoms with van der Waals surface area (Å²) in [5.41, 5.74) is 1.37. The zero-order chi connectivity index (χ0) is 17.0. The summed E-state index contributed by atoms with van der Waals surface area (Å²) in [4.78, 5) is 3.92. The maximum Gasteiger partial charge on any atom is 0.221 e. The van der Waals surface area contributed by atoms with Crippen molar-refractivity contribution in [3.63, 3.8) is 0 Å². The number of thiocarbonyl (C=S) groups is 1. The molecule has 1 aromatic heterocycles. The van der Waals surface area contributed by atoms with E-state index in [1.807, 2.05) is 66.6 Å². The number of nitrogens with zero attached hydrogens (tertiary/aromatic N) is 5. The number of hydrogen-bond acceptors (Lipinski definition) is 4. The molecule has 124 valence electrons. The molecule has 1 heterocycles. The largest absolute Gasteiger partial charge is 0.493 e. The first-order valence-electron chi connectivity index (χ1n) is 7.65. The lowest BCUT2D eigenvalue weighted by Crippen LogP contribution is -2.27. The first-order valence-corrected chi connectivity index (χ1v) is 8.05. The van der Waals surface area contributed by atoms with Gasteiger partial charge >= 0.3 is 0 Å². The Morgan fingerprint density at radius 1 is 1.22 bits per heavy atom. The third kappa shape index (κ3) is 3.68. The van der Waals surface area contributed by atoms with Gasteiger partial charge in [0.1, 0.15) is 0 Å². The molecule has 0 fully saturated rings. The number of benzene rings is 1. The Labute approximate surface area is 142 Å². The van der Waals surface area contributed by atoms with Gasteiger partial charge in [-0.25, -0.2) is 0 Å². The van der Waals surface area contributed by atoms with Crippen LogP contribution in [0.25, 0.3) is 10.9 Å². The maximum absolute atomic E-state index is 10.6. The van der Waals surface area contributed by atoms with E-state index in [9.17, 15) is 5.11 Å². The fourth-order valence-corrected chi connectivity index (χ4v) is 2.75. The fourth-order valence-electron chi connectivity index (χ4n) is 2.45. The zero-order valence-electron chi connectivity index (χ0n) is 14.0. The highest BCUT2D eigenvalue weighted by molar-refractivity contribution is 7.80. The van der Waals surface area contributed by atoms with Crippen LogP contribution in [-0.2, 0) is 6.67 Å². The number of hydrogen-bond donors (Lipinski definition) is 1. The maximum atomic E-state index is 10.6. The minimum absolute atomic E-state index is 0.103. The van der Waals surface area contributed by atoms with E-state index in [4.69, 9.17) is 12.2 Å². The molecule has 1 aromatic carbocycles. The Balaban J connectivity index is 2.45. The lowest BCUT2D eigenvalue weighted by Gasteiger charge is -2.16. The number of aromatic hydroxyl groups is 1. The van der Waals surface area contributed by atoms with E-state index in [0.29, 0.717) is 17.5 Å². The topological polar surface area (TPSA) is 56.4 Å². The smallest absolute Gasteiger partial charge is 0.221 e. The van der Waals surface area contributed by atoms with Gasteiger partial charge in [0, 0.05) is 18.5 Å². The molecule has 2 aromatic rings. The van der Waals surface area contributed by atoms with Crippen molar-refractivity contribution in [1.82, 2.24) is 14.4 Å². The van der Waals surface area contributed by atoms with Crippen molar-refractivity contribution in [1.29, 1.82) is 0 Å². The molecule has 6 nitrogen and oxygen atoms in total. The average molecular weight is 333 g/mol. The number of aromatic nitrogens is 1. The van der Waals surface area contributed by atoms with Gasteiger partial charge in [0.15, 0.2) is 5.69 Å². The van der Waals surface area contributed by atoms with Crippen LogP contribution in [0.3, 0.4) is 0 Å². The van der Waals surface area contributed by atoms with Crippen molar-refractivity contribution in [3.8, 4) is 5.88 Å². The molecule has 0 unspecified atom stereocenters. The SMILES string of the molecule is CCN(CC)C(=S)N=Nc1c(O)n(CN(C)C)c2ccccc12.